The Morgan fingerprint density at radius 3 is 2.86 bits per heavy atom. The largest absolute Gasteiger partial charge is 0.478 e. The van der Waals surface area contributed by atoms with E-state index in [1.807, 2.05) is 0 Å². The first kappa shape index (κ1) is 8.43. The number of pyridine rings is 2. The average Bonchev–Trinajstić information content (AvgIpc) is 2.16. The molecule has 0 unspecified atom stereocenters. The van der Waals surface area contributed by atoms with Crippen molar-refractivity contribution in [1.29, 1.82) is 0 Å². The molecule has 0 aromatic carbocycles. The fourth-order valence-electron chi connectivity index (χ4n) is 1.23. The maximum Gasteiger partial charge on any atom is 0.339 e. The number of hydrogen-bond donors (Lipinski definition) is 2. The molecule has 5 nitrogen and oxygen atoms in total. The summed E-state index contributed by atoms with van der Waals surface area (Å²) in [5, 5.41) is 9.47. The van der Waals surface area contributed by atoms with Gasteiger partial charge < -0.3 is 10.8 Å². The van der Waals surface area contributed by atoms with Crippen LogP contribution in [0, 0.1) is 0 Å². The molecular formula is C9H7N3O2. The van der Waals surface area contributed by atoms with E-state index in [4.69, 9.17) is 10.8 Å². The highest BCUT2D eigenvalue weighted by atomic mass is 16.4. The van der Waals surface area contributed by atoms with Crippen LogP contribution in [0.1, 0.15) is 10.4 Å². The van der Waals surface area contributed by atoms with Crippen molar-refractivity contribution in [3.8, 4) is 0 Å². The van der Waals surface area contributed by atoms with Crippen molar-refractivity contribution >= 4 is 22.6 Å². The van der Waals surface area contributed by atoms with Crippen molar-refractivity contribution in [3.63, 3.8) is 0 Å². The molecule has 0 bridgehead atoms. The van der Waals surface area contributed by atoms with Gasteiger partial charge in [0.1, 0.15) is 5.56 Å². The molecule has 0 saturated carbocycles. The quantitative estimate of drug-likeness (QED) is 0.695. The number of hydrogen-bond acceptors (Lipinski definition) is 4. The Balaban J connectivity index is 2.81. The number of nitrogen functional groups attached to an aromatic ring is 1. The van der Waals surface area contributed by atoms with Gasteiger partial charge in [-0.1, -0.05) is 0 Å². The molecule has 3 N–H and O–H groups in total. The van der Waals surface area contributed by atoms with Crippen LogP contribution in [0.4, 0.5) is 5.69 Å². The second-order valence-corrected chi connectivity index (χ2v) is 2.83. The Kier molecular flexibility index (Phi) is 1.78. The van der Waals surface area contributed by atoms with E-state index in [0.29, 0.717) is 16.6 Å². The van der Waals surface area contributed by atoms with E-state index < -0.39 is 5.97 Å². The molecule has 2 rings (SSSR count). The zero-order chi connectivity index (χ0) is 10.1. The van der Waals surface area contributed by atoms with Crippen molar-refractivity contribution in [2.45, 2.75) is 0 Å². The summed E-state index contributed by atoms with van der Waals surface area (Å²) in [7, 11) is 0. The minimum atomic E-state index is -1.04. The SMILES string of the molecule is Nc1cnc2c(C(=O)O)cncc2c1. The van der Waals surface area contributed by atoms with Crippen molar-refractivity contribution in [3.05, 3.63) is 30.2 Å². The van der Waals surface area contributed by atoms with Crippen LogP contribution in [0.3, 0.4) is 0 Å². The molecule has 0 amide bonds. The number of nitrogens with two attached hydrogens (primary N) is 1. The summed E-state index contributed by atoms with van der Waals surface area (Å²) < 4.78 is 0. The van der Waals surface area contributed by atoms with Gasteiger partial charge in [-0.2, -0.15) is 0 Å². The molecule has 2 heterocycles. The van der Waals surface area contributed by atoms with Gasteiger partial charge in [-0.25, -0.2) is 4.79 Å². The van der Waals surface area contributed by atoms with E-state index in [-0.39, 0.29) is 5.56 Å². The molecular weight excluding hydrogens is 182 g/mol. The van der Waals surface area contributed by atoms with Gasteiger partial charge in [0.2, 0.25) is 0 Å². The highest BCUT2D eigenvalue weighted by molar-refractivity contribution is 6.01. The Morgan fingerprint density at radius 1 is 1.36 bits per heavy atom. The summed E-state index contributed by atoms with van der Waals surface area (Å²) >= 11 is 0. The second-order valence-electron chi connectivity index (χ2n) is 2.83. The van der Waals surface area contributed by atoms with Crippen LogP contribution in [0.5, 0.6) is 0 Å². The Bertz CT molecular complexity index is 510. The third-order valence-corrected chi connectivity index (χ3v) is 1.84. The lowest BCUT2D eigenvalue weighted by Crippen LogP contribution is -2.00. The molecule has 0 aliphatic carbocycles. The van der Waals surface area contributed by atoms with E-state index in [2.05, 4.69) is 9.97 Å². The first-order valence-electron chi connectivity index (χ1n) is 3.91. The molecule has 14 heavy (non-hydrogen) atoms. The van der Waals surface area contributed by atoms with E-state index in [1.54, 1.807) is 6.07 Å². The minimum Gasteiger partial charge on any atom is -0.478 e. The van der Waals surface area contributed by atoms with Crippen molar-refractivity contribution in [2.75, 3.05) is 5.73 Å². The second kappa shape index (κ2) is 2.95. The number of rotatable bonds is 1. The predicted molar refractivity (Wildman–Crippen MR) is 50.9 cm³/mol. The number of aromatic carboxylic acids is 1. The summed E-state index contributed by atoms with van der Waals surface area (Å²) in [6, 6.07) is 1.64. The van der Waals surface area contributed by atoms with Gasteiger partial charge in [0, 0.05) is 17.8 Å². The van der Waals surface area contributed by atoms with Crippen LogP contribution in [0.25, 0.3) is 10.9 Å². The monoisotopic (exact) mass is 189 g/mol. The van der Waals surface area contributed by atoms with Gasteiger partial charge in [-0.3, -0.25) is 9.97 Å². The number of carboxylic acids is 1. The van der Waals surface area contributed by atoms with Crippen LogP contribution in [-0.2, 0) is 0 Å². The van der Waals surface area contributed by atoms with E-state index >= 15 is 0 Å². The van der Waals surface area contributed by atoms with Crippen molar-refractivity contribution in [1.82, 2.24) is 9.97 Å². The topological polar surface area (TPSA) is 89.1 Å². The highest BCUT2D eigenvalue weighted by Gasteiger charge is 2.09. The van der Waals surface area contributed by atoms with E-state index in [0.717, 1.165) is 0 Å². The van der Waals surface area contributed by atoms with Gasteiger partial charge in [0.25, 0.3) is 0 Å². The third-order valence-electron chi connectivity index (χ3n) is 1.84. The van der Waals surface area contributed by atoms with Crippen molar-refractivity contribution in [2.24, 2.45) is 0 Å². The molecule has 70 valence electrons. The Labute approximate surface area is 79.2 Å². The smallest absolute Gasteiger partial charge is 0.339 e. The minimum absolute atomic E-state index is 0.0856. The number of anilines is 1. The van der Waals surface area contributed by atoms with E-state index in [1.165, 1.54) is 18.6 Å². The van der Waals surface area contributed by atoms with Crippen LogP contribution in [-0.4, -0.2) is 21.0 Å². The molecule has 0 aliphatic heterocycles. The number of aromatic nitrogens is 2. The first-order valence-corrected chi connectivity index (χ1v) is 3.91. The van der Waals surface area contributed by atoms with Gasteiger partial charge in [-0.15, -0.1) is 0 Å². The van der Waals surface area contributed by atoms with Gasteiger partial charge >= 0.3 is 5.97 Å². The summed E-state index contributed by atoms with van der Waals surface area (Å²) in [6.07, 6.45) is 4.23. The molecule has 0 radical (unpaired) electrons. The van der Waals surface area contributed by atoms with E-state index in [9.17, 15) is 4.79 Å². The number of carbonyl (C=O) groups is 1. The van der Waals surface area contributed by atoms with Gasteiger partial charge in [0.15, 0.2) is 0 Å². The van der Waals surface area contributed by atoms with Crippen molar-refractivity contribution < 1.29 is 9.90 Å². The average molecular weight is 189 g/mol. The van der Waals surface area contributed by atoms with Crippen LogP contribution in [0.2, 0.25) is 0 Å². The normalized spacial score (nSPS) is 10.3. The maximum atomic E-state index is 10.8. The summed E-state index contributed by atoms with van der Waals surface area (Å²) in [5.74, 6) is -1.04. The summed E-state index contributed by atoms with van der Waals surface area (Å²) in [4.78, 5) is 18.5. The highest BCUT2D eigenvalue weighted by Crippen LogP contribution is 2.16. The summed E-state index contributed by atoms with van der Waals surface area (Å²) in [5.41, 5.74) is 6.49. The first-order chi connectivity index (χ1) is 6.68. The molecule has 0 saturated heterocycles. The lowest BCUT2D eigenvalue weighted by Gasteiger charge is -2.00. The van der Waals surface area contributed by atoms with Crippen LogP contribution < -0.4 is 5.73 Å². The zero-order valence-electron chi connectivity index (χ0n) is 7.14. The molecule has 2 aromatic heterocycles. The molecule has 2 aromatic rings. The molecule has 0 atom stereocenters. The van der Waals surface area contributed by atoms with Gasteiger partial charge in [-0.05, 0) is 6.07 Å². The fourth-order valence-corrected chi connectivity index (χ4v) is 1.23. The summed E-state index contributed by atoms with van der Waals surface area (Å²) in [6.45, 7) is 0. The lowest BCUT2D eigenvalue weighted by atomic mass is 10.2. The molecule has 0 fully saturated rings. The number of fused-ring (bicyclic) bond motifs is 1. The lowest BCUT2D eigenvalue weighted by molar-refractivity contribution is 0.0698. The molecule has 0 spiro atoms. The number of carboxylic acid groups (broad SMARTS) is 1. The standard InChI is InChI=1S/C9H7N3O2/c10-6-1-5-2-11-4-7(9(13)14)8(5)12-3-6/h1-4H,10H2,(H,13,14). The maximum absolute atomic E-state index is 10.8. The molecule has 5 heteroatoms. The Morgan fingerprint density at radius 2 is 2.14 bits per heavy atom. The zero-order valence-corrected chi connectivity index (χ0v) is 7.14. The molecule has 0 aliphatic rings. The fraction of sp³-hybridized carbons (Fsp3) is 0. The Hall–Kier alpha value is -2.17. The van der Waals surface area contributed by atoms with Crippen LogP contribution >= 0.6 is 0 Å². The predicted octanol–water partition coefficient (Wildman–Crippen LogP) is 0.910. The van der Waals surface area contributed by atoms with Gasteiger partial charge in [0.05, 0.1) is 17.4 Å². The third kappa shape index (κ3) is 1.24. The number of nitrogens with zero attached hydrogens (tertiary/aromatic N) is 2. The van der Waals surface area contributed by atoms with Crippen LogP contribution in [0.15, 0.2) is 24.7 Å².